The minimum Gasteiger partial charge on any atom is -0.345 e. The molecule has 1 aromatic carbocycles. The molecule has 6 heteroatoms. The molecule has 0 saturated carbocycles. The van der Waals surface area contributed by atoms with Crippen molar-refractivity contribution in [2.45, 2.75) is 26.8 Å². The van der Waals surface area contributed by atoms with Crippen molar-refractivity contribution in [1.82, 2.24) is 25.1 Å². The third kappa shape index (κ3) is 3.49. The molecule has 0 saturated heterocycles. The standard InChI is InChI=1S/C23H23N5O/c1-14-7-5-9-18-19(11-21(27-22(14)18)17-8-6-10-24-12-17)23(29)26-15(2)20-13-25-28(4)16(20)3/h5-13,15H,1-4H3,(H,26,29). The smallest absolute Gasteiger partial charge is 0.252 e. The van der Waals surface area contributed by atoms with E-state index in [1.807, 2.05) is 68.9 Å². The van der Waals surface area contributed by atoms with Gasteiger partial charge in [0.1, 0.15) is 0 Å². The molecule has 3 heterocycles. The minimum atomic E-state index is -0.161. The van der Waals surface area contributed by atoms with E-state index in [4.69, 9.17) is 4.98 Å². The van der Waals surface area contributed by atoms with E-state index >= 15 is 0 Å². The Bertz CT molecular complexity index is 1200. The van der Waals surface area contributed by atoms with Crippen LogP contribution in [-0.2, 0) is 7.05 Å². The highest BCUT2D eigenvalue weighted by Gasteiger charge is 2.19. The lowest BCUT2D eigenvalue weighted by Crippen LogP contribution is -2.27. The van der Waals surface area contributed by atoms with Crippen LogP contribution in [0.15, 0.2) is 55.0 Å². The first-order chi connectivity index (χ1) is 14.0. The third-order valence-electron chi connectivity index (χ3n) is 5.33. The number of pyridine rings is 2. The number of amides is 1. The summed E-state index contributed by atoms with van der Waals surface area (Å²) in [6, 6.07) is 11.4. The maximum absolute atomic E-state index is 13.3. The van der Waals surface area contributed by atoms with Gasteiger partial charge in [-0.3, -0.25) is 14.5 Å². The second kappa shape index (κ2) is 7.47. The summed E-state index contributed by atoms with van der Waals surface area (Å²) in [6.07, 6.45) is 5.28. The van der Waals surface area contributed by atoms with Crippen molar-refractivity contribution in [3.05, 3.63) is 77.4 Å². The second-order valence-corrected chi connectivity index (χ2v) is 7.27. The van der Waals surface area contributed by atoms with Crippen molar-refractivity contribution >= 4 is 16.8 Å². The van der Waals surface area contributed by atoms with Crippen molar-refractivity contribution in [2.75, 3.05) is 0 Å². The van der Waals surface area contributed by atoms with Gasteiger partial charge in [-0.2, -0.15) is 5.10 Å². The van der Waals surface area contributed by atoms with Crippen LogP contribution < -0.4 is 5.32 Å². The van der Waals surface area contributed by atoms with E-state index in [1.165, 1.54) is 0 Å². The molecule has 6 nitrogen and oxygen atoms in total. The van der Waals surface area contributed by atoms with Gasteiger partial charge in [-0.25, -0.2) is 4.98 Å². The molecule has 0 aliphatic heterocycles. The van der Waals surface area contributed by atoms with Crippen molar-refractivity contribution in [3.8, 4) is 11.3 Å². The van der Waals surface area contributed by atoms with Gasteiger partial charge >= 0.3 is 0 Å². The van der Waals surface area contributed by atoms with E-state index in [-0.39, 0.29) is 11.9 Å². The van der Waals surface area contributed by atoms with Gasteiger partial charge in [0.15, 0.2) is 0 Å². The van der Waals surface area contributed by atoms with Crippen LogP contribution in [0.2, 0.25) is 0 Å². The monoisotopic (exact) mass is 385 g/mol. The average molecular weight is 385 g/mol. The lowest BCUT2D eigenvalue weighted by molar-refractivity contribution is 0.0941. The summed E-state index contributed by atoms with van der Waals surface area (Å²) in [5, 5.41) is 8.24. The zero-order chi connectivity index (χ0) is 20.5. The van der Waals surface area contributed by atoms with E-state index in [2.05, 4.69) is 15.4 Å². The fourth-order valence-electron chi connectivity index (χ4n) is 3.53. The van der Waals surface area contributed by atoms with E-state index in [1.54, 1.807) is 18.6 Å². The van der Waals surface area contributed by atoms with Crippen LogP contribution in [0.25, 0.3) is 22.2 Å². The van der Waals surface area contributed by atoms with Gasteiger partial charge in [-0.1, -0.05) is 18.2 Å². The summed E-state index contributed by atoms with van der Waals surface area (Å²) < 4.78 is 1.81. The largest absolute Gasteiger partial charge is 0.345 e. The molecule has 0 aliphatic rings. The van der Waals surface area contributed by atoms with E-state index in [0.29, 0.717) is 5.56 Å². The number of hydrogen-bond donors (Lipinski definition) is 1. The average Bonchev–Trinajstić information content (AvgIpc) is 3.07. The Labute approximate surface area is 169 Å². The molecule has 1 N–H and O–H groups in total. The van der Waals surface area contributed by atoms with Crippen molar-refractivity contribution in [3.63, 3.8) is 0 Å². The lowest BCUT2D eigenvalue weighted by atomic mass is 10.0. The highest BCUT2D eigenvalue weighted by atomic mass is 16.1. The van der Waals surface area contributed by atoms with Crippen LogP contribution in [0.5, 0.6) is 0 Å². The Balaban J connectivity index is 1.78. The molecular weight excluding hydrogens is 362 g/mol. The summed E-state index contributed by atoms with van der Waals surface area (Å²) in [4.78, 5) is 22.3. The van der Waals surface area contributed by atoms with Gasteiger partial charge in [0.2, 0.25) is 0 Å². The van der Waals surface area contributed by atoms with Crippen LogP contribution in [0.1, 0.15) is 40.1 Å². The zero-order valence-electron chi connectivity index (χ0n) is 17.0. The molecule has 29 heavy (non-hydrogen) atoms. The van der Waals surface area contributed by atoms with Crippen molar-refractivity contribution < 1.29 is 4.79 Å². The number of carbonyl (C=O) groups excluding carboxylic acids is 1. The molecule has 1 atom stereocenters. The number of fused-ring (bicyclic) bond motifs is 1. The maximum atomic E-state index is 13.3. The summed E-state index contributed by atoms with van der Waals surface area (Å²) in [5.41, 5.74) is 6.10. The quantitative estimate of drug-likeness (QED) is 0.573. The number of nitrogens with one attached hydrogen (secondary N) is 1. The highest BCUT2D eigenvalue weighted by Crippen LogP contribution is 2.27. The SMILES string of the molecule is Cc1cccc2c(C(=O)NC(C)c3cnn(C)c3C)cc(-c3cccnc3)nc12. The second-order valence-electron chi connectivity index (χ2n) is 7.27. The van der Waals surface area contributed by atoms with Crippen LogP contribution in [-0.4, -0.2) is 25.7 Å². The summed E-state index contributed by atoms with van der Waals surface area (Å²) in [7, 11) is 1.90. The normalized spacial score (nSPS) is 12.1. The molecule has 4 aromatic rings. The number of aromatic nitrogens is 4. The van der Waals surface area contributed by atoms with Gasteiger partial charge in [-0.15, -0.1) is 0 Å². The number of nitrogens with zero attached hydrogens (tertiary/aromatic N) is 4. The lowest BCUT2D eigenvalue weighted by Gasteiger charge is -2.16. The molecule has 1 unspecified atom stereocenters. The molecule has 0 bridgehead atoms. The van der Waals surface area contributed by atoms with Gasteiger partial charge in [-0.05, 0) is 44.5 Å². The molecule has 146 valence electrons. The number of para-hydroxylation sites is 1. The highest BCUT2D eigenvalue weighted by molar-refractivity contribution is 6.07. The molecule has 0 fully saturated rings. The summed E-state index contributed by atoms with van der Waals surface area (Å²) >= 11 is 0. The number of benzene rings is 1. The predicted molar refractivity (Wildman–Crippen MR) is 114 cm³/mol. The molecule has 0 aliphatic carbocycles. The zero-order valence-corrected chi connectivity index (χ0v) is 17.0. The van der Waals surface area contributed by atoms with Gasteiger partial charge in [0, 0.05) is 41.6 Å². The minimum absolute atomic E-state index is 0.135. The number of hydrogen-bond acceptors (Lipinski definition) is 4. The van der Waals surface area contributed by atoms with Gasteiger partial charge < -0.3 is 5.32 Å². The fourth-order valence-corrected chi connectivity index (χ4v) is 3.53. The van der Waals surface area contributed by atoms with Crippen LogP contribution in [0, 0.1) is 13.8 Å². The van der Waals surface area contributed by atoms with Crippen LogP contribution in [0.4, 0.5) is 0 Å². The molecule has 0 radical (unpaired) electrons. The number of carbonyl (C=O) groups is 1. The fraction of sp³-hybridized carbons (Fsp3) is 0.217. The molecule has 4 rings (SSSR count). The first-order valence-corrected chi connectivity index (χ1v) is 9.56. The third-order valence-corrected chi connectivity index (χ3v) is 5.33. The van der Waals surface area contributed by atoms with E-state index in [0.717, 1.165) is 39.0 Å². The van der Waals surface area contributed by atoms with Gasteiger partial charge in [0.05, 0.1) is 29.0 Å². The molecule has 0 spiro atoms. The van der Waals surface area contributed by atoms with Gasteiger partial charge in [0.25, 0.3) is 5.91 Å². The van der Waals surface area contributed by atoms with Crippen molar-refractivity contribution in [1.29, 1.82) is 0 Å². The predicted octanol–water partition coefficient (Wildman–Crippen LogP) is 4.14. The Morgan fingerprint density at radius 3 is 2.66 bits per heavy atom. The maximum Gasteiger partial charge on any atom is 0.252 e. The number of rotatable bonds is 4. The first kappa shape index (κ1) is 18.8. The summed E-state index contributed by atoms with van der Waals surface area (Å²) in [6.45, 7) is 5.97. The molecular formula is C23H23N5O. The molecule has 1 amide bonds. The van der Waals surface area contributed by atoms with Crippen LogP contribution >= 0.6 is 0 Å². The van der Waals surface area contributed by atoms with Crippen LogP contribution in [0.3, 0.4) is 0 Å². The van der Waals surface area contributed by atoms with E-state index in [9.17, 15) is 4.79 Å². The first-order valence-electron chi connectivity index (χ1n) is 9.56. The Kier molecular flexibility index (Phi) is 4.84. The Hall–Kier alpha value is -3.54. The van der Waals surface area contributed by atoms with E-state index < -0.39 is 0 Å². The number of aryl methyl sites for hydroxylation is 2. The molecule has 3 aromatic heterocycles. The Morgan fingerprint density at radius 2 is 1.97 bits per heavy atom. The van der Waals surface area contributed by atoms with Crippen molar-refractivity contribution in [2.24, 2.45) is 7.05 Å². The Morgan fingerprint density at radius 1 is 1.14 bits per heavy atom. The topological polar surface area (TPSA) is 72.7 Å². The summed E-state index contributed by atoms with van der Waals surface area (Å²) in [5.74, 6) is -0.135.